The predicted octanol–water partition coefficient (Wildman–Crippen LogP) is 3.35. The monoisotopic (exact) mass is 307 g/mol. The lowest BCUT2D eigenvalue weighted by Crippen LogP contribution is -2.41. The Balaban J connectivity index is 1.58. The molecule has 5 heteroatoms. The molecule has 1 aromatic rings. The number of likely N-dealkylation sites (N-methyl/N-ethyl adjacent to an activating group) is 1. The van der Waals surface area contributed by atoms with Crippen LogP contribution in [0, 0.1) is 6.92 Å². The van der Waals surface area contributed by atoms with Crippen LogP contribution in [-0.4, -0.2) is 48.1 Å². The molecule has 1 heterocycles. The quantitative estimate of drug-likeness (QED) is 0.929. The number of benzene rings is 1. The van der Waals surface area contributed by atoms with E-state index in [1.807, 2.05) is 31.0 Å². The summed E-state index contributed by atoms with van der Waals surface area (Å²) < 4.78 is 0. The van der Waals surface area contributed by atoms with Crippen molar-refractivity contribution in [1.29, 1.82) is 0 Å². The van der Waals surface area contributed by atoms with Crippen LogP contribution in [0.1, 0.15) is 24.8 Å². The van der Waals surface area contributed by atoms with Gasteiger partial charge in [0.15, 0.2) is 0 Å². The van der Waals surface area contributed by atoms with Crippen LogP contribution in [0.5, 0.6) is 0 Å². The van der Waals surface area contributed by atoms with E-state index in [2.05, 4.69) is 10.2 Å². The van der Waals surface area contributed by atoms with E-state index in [1.54, 1.807) is 6.07 Å². The molecule has 1 aliphatic carbocycles. The largest absolute Gasteiger partial charge is 0.323 e. The highest BCUT2D eigenvalue weighted by molar-refractivity contribution is 6.31. The first-order chi connectivity index (χ1) is 10.0. The number of nitrogens with zero attached hydrogens (tertiary/aromatic N) is 2. The fourth-order valence-electron chi connectivity index (χ4n) is 2.90. The first kappa shape index (κ1) is 14.7. The minimum atomic E-state index is -0.0578. The average molecular weight is 308 g/mol. The van der Waals surface area contributed by atoms with Crippen molar-refractivity contribution < 1.29 is 4.79 Å². The Morgan fingerprint density at radius 3 is 2.81 bits per heavy atom. The zero-order valence-corrected chi connectivity index (χ0v) is 13.4. The Hall–Kier alpha value is -1.26. The Kier molecular flexibility index (Phi) is 4.09. The molecule has 3 rings (SSSR count). The van der Waals surface area contributed by atoms with Crippen molar-refractivity contribution in [3.63, 3.8) is 0 Å². The number of rotatable bonds is 3. The third kappa shape index (κ3) is 3.33. The van der Waals surface area contributed by atoms with Crippen LogP contribution in [-0.2, 0) is 0 Å². The third-order valence-electron chi connectivity index (χ3n) is 4.55. The van der Waals surface area contributed by atoms with Crippen LogP contribution in [0.2, 0.25) is 5.02 Å². The first-order valence-electron chi connectivity index (χ1n) is 7.58. The van der Waals surface area contributed by atoms with Crippen LogP contribution >= 0.6 is 11.6 Å². The smallest absolute Gasteiger partial charge is 0.321 e. The summed E-state index contributed by atoms with van der Waals surface area (Å²) in [6.45, 7) is 4.07. The highest BCUT2D eigenvalue weighted by Gasteiger charge is 2.36. The molecule has 1 aliphatic heterocycles. The molecule has 1 atom stereocenters. The van der Waals surface area contributed by atoms with Gasteiger partial charge in [-0.05, 0) is 43.9 Å². The predicted molar refractivity (Wildman–Crippen MR) is 86.0 cm³/mol. The first-order valence-corrected chi connectivity index (χ1v) is 7.96. The minimum absolute atomic E-state index is 0.0578. The summed E-state index contributed by atoms with van der Waals surface area (Å²) in [6, 6.07) is 6.64. The van der Waals surface area contributed by atoms with Crippen molar-refractivity contribution in [2.45, 2.75) is 38.3 Å². The van der Waals surface area contributed by atoms with Crippen molar-refractivity contribution in [2.24, 2.45) is 0 Å². The van der Waals surface area contributed by atoms with E-state index in [9.17, 15) is 4.79 Å². The van der Waals surface area contributed by atoms with Crippen LogP contribution in [0.25, 0.3) is 0 Å². The molecule has 21 heavy (non-hydrogen) atoms. The molecule has 1 unspecified atom stereocenters. The van der Waals surface area contributed by atoms with Gasteiger partial charge in [0.05, 0.1) is 0 Å². The number of amides is 2. The number of halogens is 1. The lowest BCUT2D eigenvalue weighted by atomic mass is 10.2. The van der Waals surface area contributed by atoms with E-state index in [-0.39, 0.29) is 6.03 Å². The number of urea groups is 1. The summed E-state index contributed by atoms with van der Waals surface area (Å²) >= 11 is 6.09. The molecule has 0 aromatic heterocycles. The Morgan fingerprint density at radius 1 is 1.38 bits per heavy atom. The van der Waals surface area contributed by atoms with Crippen LogP contribution in [0.15, 0.2) is 18.2 Å². The molecule has 1 saturated carbocycles. The summed E-state index contributed by atoms with van der Waals surface area (Å²) in [4.78, 5) is 16.7. The van der Waals surface area contributed by atoms with Crippen molar-refractivity contribution in [3.8, 4) is 0 Å². The maximum Gasteiger partial charge on any atom is 0.321 e. The number of hydrogen-bond donors (Lipinski definition) is 1. The molecule has 1 aromatic carbocycles. The summed E-state index contributed by atoms with van der Waals surface area (Å²) in [7, 11) is 1.88. The molecule has 4 nitrogen and oxygen atoms in total. The third-order valence-corrected chi connectivity index (χ3v) is 4.96. The minimum Gasteiger partial charge on any atom is -0.323 e. The molecule has 0 spiro atoms. The van der Waals surface area contributed by atoms with Crippen molar-refractivity contribution in [3.05, 3.63) is 28.8 Å². The molecular weight excluding hydrogens is 286 g/mol. The number of carbonyl (C=O) groups excluding carboxylic acids is 1. The zero-order valence-electron chi connectivity index (χ0n) is 12.6. The van der Waals surface area contributed by atoms with Crippen LogP contribution < -0.4 is 5.32 Å². The van der Waals surface area contributed by atoms with E-state index >= 15 is 0 Å². The standard InChI is InChI=1S/C16H22ClN3O/c1-11-3-4-12(9-15(11)17)18-16(21)19(2)14-7-8-20(10-14)13-5-6-13/h3-4,9,13-14H,5-8,10H2,1-2H3,(H,18,21). The van der Waals surface area contributed by atoms with Crippen LogP contribution in [0.3, 0.4) is 0 Å². The van der Waals surface area contributed by atoms with E-state index in [1.165, 1.54) is 12.8 Å². The van der Waals surface area contributed by atoms with Gasteiger partial charge in [-0.3, -0.25) is 4.90 Å². The molecule has 114 valence electrons. The number of carbonyl (C=O) groups is 1. The molecule has 1 N–H and O–H groups in total. The summed E-state index contributed by atoms with van der Waals surface area (Å²) in [5, 5.41) is 3.61. The highest BCUT2D eigenvalue weighted by atomic mass is 35.5. The number of aryl methyl sites for hydroxylation is 1. The van der Waals surface area contributed by atoms with Gasteiger partial charge in [0.25, 0.3) is 0 Å². The number of anilines is 1. The van der Waals surface area contributed by atoms with Gasteiger partial charge in [-0.15, -0.1) is 0 Å². The number of likely N-dealkylation sites (tertiary alicyclic amines) is 1. The Bertz CT molecular complexity index is 544. The topological polar surface area (TPSA) is 35.6 Å². The Labute approximate surface area is 131 Å². The van der Waals surface area contributed by atoms with Crippen molar-refractivity contribution >= 4 is 23.3 Å². The molecule has 2 fully saturated rings. The van der Waals surface area contributed by atoms with E-state index in [4.69, 9.17) is 11.6 Å². The van der Waals surface area contributed by atoms with Crippen molar-refractivity contribution in [2.75, 3.05) is 25.5 Å². The van der Waals surface area contributed by atoms with Gasteiger partial charge in [0.2, 0.25) is 0 Å². The number of hydrogen-bond acceptors (Lipinski definition) is 2. The van der Waals surface area contributed by atoms with Crippen LogP contribution in [0.4, 0.5) is 10.5 Å². The highest BCUT2D eigenvalue weighted by Crippen LogP contribution is 2.31. The SMILES string of the molecule is Cc1ccc(NC(=O)N(C)C2CCN(C3CC3)C2)cc1Cl. The van der Waals surface area contributed by atoms with E-state index in [0.29, 0.717) is 11.1 Å². The molecule has 0 bridgehead atoms. The molecule has 0 radical (unpaired) electrons. The summed E-state index contributed by atoms with van der Waals surface area (Å²) in [6.07, 6.45) is 3.71. The van der Waals surface area contributed by atoms with Gasteiger partial charge >= 0.3 is 6.03 Å². The van der Waals surface area contributed by atoms with E-state index < -0.39 is 0 Å². The average Bonchev–Trinajstić information content (AvgIpc) is 3.20. The summed E-state index contributed by atoms with van der Waals surface area (Å²) in [5.41, 5.74) is 1.76. The fourth-order valence-corrected chi connectivity index (χ4v) is 3.08. The lowest BCUT2D eigenvalue weighted by molar-refractivity contribution is 0.201. The van der Waals surface area contributed by atoms with Crippen molar-refractivity contribution in [1.82, 2.24) is 9.80 Å². The normalized spacial score (nSPS) is 22.3. The zero-order chi connectivity index (χ0) is 15.0. The van der Waals surface area contributed by atoms with Gasteiger partial charge < -0.3 is 10.2 Å². The second kappa shape index (κ2) is 5.85. The molecule has 2 aliphatic rings. The Morgan fingerprint density at radius 2 is 2.14 bits per heavy atom. The fraction of sp³-hybridized carbons (Fsp3) is 0.562. The van der Waals surface area contributed by atoms with Gasteiger partial charge in [-0.25, -0.2) is 4.79 Å². The van der Waals surface area contributed by atoms with Gasteiger partial charge in [0.1, 0.15) is 0 Å². The van der Waals surface area contributed by atoms with Gasteiger partial charge in [-0.2, -0.15) is 0 Å². The maximum absolute atomic E-state index is 12.3. The molecule has 1 saturated heterocycles. The van der Waals surface area contributed by atoms with Gasteiger partial charge in [0, 0.05) is 42.9 Å². The second-order valence-electron chi connectivity index (χ2n) is 6.17. The second-order valence-corrected chi connectivity index (χ2v) is 6.58. The van der Waals surface area contributed by atoms with Gasteiger partial charge in [-0.1, -0.05) is 17.7 Å². The number of nitrogens with one attached hydrogen (secondary N) is 1. The summed E-state index contributed by atoms with van der Waals surface area (Å²) in [5.74, 6) is 0. The molecular formula is C16H22ClN3O. The maximum atomic E-state index is 12.3. The van der Waals surface area contributed by atoms with E-state index in [0.717, 1.165) is 36.8 Å². The lowest BCUT2D eigenvalue weighted by Gasteiger charge is -2.25. The molecule has 2 amide bonds.